The second-order valence-electron chi connectivity index (χ2n) is 7.36. The monoisotopic (exact) mass is 456 g/mol. The highest BCUT2D eigenvalue weighted by Crippen LogP contribution is 2.30. The Morgan fingerprint density at radius 2 is 1.91 bits per heavy atom. The van der Waals surface area contributed by atoms with E-state index in [4.69, 9.17) is 9.15 Å². The molecule has 0 aliphatic carbocycles. The molecule has 0 saturated heterocycles. The molecular weight excluding hydrogens is 436 g/mol. The summed E-state index contributed by atoms with van der Waals surface area (Å²) < 4.78 is 12.7. The van der Waals surface area contributed by atoms with Gasteiger partial charge in [0, 0.05) is 41.2 Å². The van der Waals surface area contributed by atoms with Crippen LogP contribution in [0.3, 0.4) is 0 Å². The van der Waals surface area contributed by atoms with Crippen molar-refractivity contribution in [3.8, 4) is 17.1 Å². The van der Waals surface area contributed by atoms with Crippen molar-refractivity contribution >= 4 is 22.7 Å². The number of nitrogens with zero attached hydrogens (tertiary/aromatic N) is 4. The average molecular weight is 457 g/mol. The van der Waals surface area contributed by atoms with Gasteiger partial charge < -0.3 is 9.15 Å². The van der Waals surface area contributed by atoms with E-state index in [0.717, 1.165) is 33.1 Å². The van der Waals surface area contributed by atoms with Crippen LogP contribution in [-0.4, -0.2) is 26.9 Å². The van der Waals surface area contributed by atoms with Crippen molar-refractivity contribution < 1.29 is 9.15 Å². The van der Waals surface area contributed by atoms with Crippen molar-refractivity contribution in [3.63, 3.8) is 0 Å². The molecule has 164 valence electrons. The van der Waals surface area contributed by atoms with Gasteiger partial charge >= 0.3 is 5.63 Å². The normalized spacial score (nSPS) is 11.1. The second-order valence-corrected chi connectivity index (χ2v) is 8.30. The summed E-state index contributed by atoms with van der Waals surface area (Å²) in [5, 5.41) is 10.5. The van der Waals surface area contributed by atoms with Gasteiger partial charge in [0.1, 0.15) is 11.3 Å². The Bertz CT molecular complexity index is 1450. The van der Waals surface area contributed by atoms with E-state index in [9.17, 15) is 4.79 Å². The maximum atomic E-state index is 12.2. The molecular formula is C25H20N4O3S. The van der Waals surface area contributed by atoms with Gasteiger partial charge in [-0.25, -0.2) is 4.79 Å². The molecule has 0 fully saturated rings. The first kappa shape index (κ1) is 21.0. The van der Waals surface area contributed by atoms with Gasteiger partial charge in [0.15, 0.2) is 11.0 Å². The van der Waals surface area contributed by atoms with Gasteiger partial charge in [-0.15, -0.1) is 10.2 Å². The highest BCUT2D eigenvalue weighted by Gasteiger charge is 2.16. The molecule has 0 amide bonds. The van der Waals surface area contributed by atoms with Crippen LogP contribution in [0, 0.1) is 0 Å². The van der Waals surface area contributed by atoms with Crippen molar-refractivity contribution in [2.24, 2.45) is 0 Å². The summed E-state index contributed by atoms with van der Waals surface area (Å²) in [6, 6.07) is 21.0. The Hall–Kier alpha value is -3.91. The number of hydrogen-bond acceptors (Lipinski definition) is 7. The van der Waals surface area contributed by atoms with E-state index in [1.54, 1.807) is 25.6 Å². The highest BCUT2D eigenvalue weighted by molar-refractivity contribution is 7.98. The Balaban J connectivity index is 1.50. The van der Waals surface area contributed by atoms with Gasteiger partial charge in [0.05, 0.1) is 13.7 Å². The highest BCUT2D eigenvalue weighted by atomic mass is 32.2. The van der Waals surface area contributed by atoms with Crippen LogP contribution in [0.5, 0.6) is 5.75 Å². The Kier molecular flexibility index (Phi) is 5.91. The largest absolute Gasteiger partial charge is 0.497 e. The van der Waals surface area contributed by atoms with Crippen LogP contribution < -0.4 is 10.4 Å². The number of hydrogen-bond donors (Lipinski definition) is 0. The van der Waals surface area contributed by atoms with Crippen LogP contribution in [-0.2, 0) is 12.3 Å². The molecule has 0 aliphatic rings. The molecule has 33 heavy (non-hydrogen) atoms. The van der Waals surface area contributed by atoms with Crippen molar-refractivity contribution in [2.75, 3.05) is 7.11 Å². The van der Waals surface area contributed by atoms with Gasteiger partial charge in [-0.05, 0) is 35.4 Å². The van der Waals surface area contributed by atoms with Gasteiger partial charge in [-0.2, -0.15) is 0 Å². The van der Waals surface area contributed by atoms with E-state index >= 15 is 0 Å². The summed E-state index contributed by atoms with van der Waals surface area (Å²) in [6.45, 7) is 0.620. The lowest BCUT2D eigenvalue weighted by atomic mass is 10.1. The predicted molar refractivity (Wildman–Crippen MR) is 127 cm³/mol. The summed E-state index contributed by atoms with van der Waals surface area (Å²) in [5.74, 6) is 1.92. The minimum Gasteiger partial charge on any atom is -0.497 e. The van der Waals surface area contributed by atoms with Crippen molar-refractivity contribution in [1.82, 2.24) is 19.7 Å². The molecule has 2 aromatic carbocycles. The van der Waals surface area contributed by atoms with Crippen molar-refractivity contribution in [2.45, 2.75) is 17.5 Å². The first-order chi connectivity index (χ1) is 16.2. The van der Waals surface area contributed by atoms with Crippen LogP contribution in [0.2, 0.25) is 0 Å². The summed E-state index contributed by atoms with van der Waals surface area (Å²) in [7, 11) is 1.58. The third kappa shape index (κ3) is 4.51. The lowest BCUT2D eigenvalue weighted by Gasteiger charge is -2.11. The molecule has 5 aromatic rings. The van der Waals surface area contributed by atoms with E-state index in [2.05, 4.69) is 31.9 Å². The number of rotatable bonds is 7. The van der Waals surface area contributed by atoms with Crippen LogP contribution in [0.1, 0.15) is 11.1 Å². The van der Waals surface area contributed by atoms with Gasteiger partial charge in [-0.3, -0.25) is 9.55 Å². The summed E-state index contributed by atoms with van der Waals surface area (Å²) in [6.07, 6.45) is 3.52. The van der Waals surface area contributed by atoms with Gasteiger partial charge in [0.2, 0.25) is 0 Å². The number of fused-ring (bicyclic) bond motifs is 1. The minimum atomic E-state index is -0.395. The fourth-order valence-electron chi connectivity index (χ4n) is 3.61. The fraction of sp³-hybridized carbons (Fsp3) is 0.120. The van der Waals surface area contributed by atoms with Gasteiger partial charge in [-0.1, -0.05) is 42.1 Å². The van der Waals surface area contributed by atoms with E-state index in [1.165, 1.54) is 17.8 Å². The van der Waals surface area contributed by atoms with E-state index < -0.39 is 5.63 Å². The van der Waals surface area contributed by atoms with Gasteiger partial charge in [0.25, 0.3) is 0 Å². The topological polar surface area (TPSA) is 83.0 Å². The second kappa shape index (κ2) is 9.30. The Morgan fingerprint density at radius 3 is 2.70 bits per heavy atom. The zero-order valence-electron chi connectivity index (χ0n) is 17.8. The Morgan fingerprint density at radius 1 is 1.03 bits per heavy atom. The quantitative estimate of drug-likeness (QED) is 0.257. The third-order valence-corrected chi connectivity index (χ3v) is 6.23. The zero-order valence-corrected chi connectivity index (χ0v) is 18.7. The smallest absolute Gasteiger partial charge is 0.336 e. The van der Waals surface area contributed by atoms with E-state index in [-0.39, 0.29) is 0 Å². The number of benzene rings is 2. The number of aromatic nitrogens is 4. The predicted octanol–water partition coefficient (Wildman–Crippen LogP) is 4.80. The molecule has 5 rings (SSSR count). The van der Waals surface area contributed by atoms with Crippen molar-refractivity contribution in [3.05, 3.63) is 101 Å². The van der Waals surface area contributed by atoms with Crippen LogP contribution >= 0.6 is 11.8 Å². The maximum Gasteiger partial charge on any atom is 0.336 e. The molecule has 7 nitrogen and oxygen atoms in total. The summed E-state index contributed by atoms with van der Waals surface area (Å²) in [4.78, 5) is 16.4. The molecule has 0 bridgehead atoms. The number of thioether (sulfide) groups is 1. The van der Waals surface area contributed by atoms with Crippen LogP contribution in [0.4, 0.5) is 0 Å². The van der Waals surface area contributed by atoms with Crippen LogP contribution in [0.15, 0.2) is 93.5 Å². The molecule has 8 heteroatoms. The summed E-state index contributed by atoms with van der Waals surface area (Å²) >= 11 is 1.53. The summed E-state index contributed by atoms with van der Waals surface area (Å²) in [5.41, 5.74) is 3.01. The fourth-order valence-corrected chi connectivity index (χ4v) is 4.54. The molecule has 0 spiro atoms. The Labute approximate surface area is 194 Å². The lowest BCUT2D eigenvalue weighted by Crippen LogP contribution is -2.05. The number of methoxy groups -OCH3 is 1. The molecule has 0 saturated carbocycles. The first-order valence-corrected chi connectivity index (χ1v) is 11.3. The standard InChI is InChI=1S/C25H20N4O3S/c1-31-20-9-10-21-19(12-23(30)32-22(21)13-20)16-33-25-28-27-24(18-8-5-11-26-14-18)29(25)15-17-6-3-2-4-7-17/h2-14H,15-16H2,1H3. The van der Waals surface area contributed by atoms with E-state index in [0.29, 0.717) is 23.6 Å². The average Bonchev–Trinajstić information content (AvgIpc) is 3.25. The molecule has 0 N–H and O–H groups in total. The molecule has 3 heterocycles. The lowest BCUT2D eigenvalue weighted by molar-refractivity contribution is 0.414. The third-order valence-electron chi connectivity index (χ3n) is 5.21. The number of ether oxygens (including phenoxy) is 1. The molecule has 0 unspecified atom stereocenters. The minimum absolute atomic E-state index is 0.395. The first-order valence-electron chi connectivity index (χ1n) is 10.3. The molecule has 0 radical (unpaired) electrons. The maximum absolute atomic E-state index is 12.2. The van der Waals surface area contributed by atoms with E-state index in [1.807, 2.05) is 42.5 Å². The molecule has 3 aromatic heterocycles. The molecule has 0 atom stereocenters. The molecule has 0 aliphatic heterocycles. The SMILES string of the molecule is COc1ccc2c(CSc3nnc(-c4cccnc4)n3Cc3ccccc3)cc(=O)oc2c1. The van der Waals surface area contributed by atoms with Crippen LogP contribution in [0.25, 0.3) is 22.4 Å². The number of pyridine rings is 1. The zero-order chi connectivity index (χ0) is 22.6. The van der Waals surface area contributed by atoms with Crippen molar-refractivity contribution in [1.29, 1.82) is 0 Å².